The summed E-state index contributed by atoms with van der Waals surface area (Å²) in [4.78, 5) is 4.11. The number of rotatable bonds is 3. The first kappa shape index (κ1) is 13.8. The third kappa shape index (κ3) is 3.05. The minimum absolute atomic E-state index is 0.0391. The number of alkyl halides is 3. The van der Waals surface area contributed by atoms with Crippen molar-refractivity contribution in [3.05, 3.63) is 35.7 Å². The molecule has 0 bridgehead atoms. The van der Waals surface area contributed by atoms with Gasteiger partial charge in [-0.2, -0.15) is 13.8 Å². The summed E-state index contributed by atoms with van der Waals surface area (Å²) in [6, 6.07) is 6.76. The summed E-state index contributed by atoms with van der Waals surface area (Å²) in [6.07, 6.45) is 0. The molecule has 0 atom stereocenters. The van der Waals surface area contributed by atoms with Crippen molar-refractivity contribution in [2.24, 2.45) is 0 Å². The summed E-state index contributed by atoms with van der Waals surface area (Å²) in [5, 5.41) is 2.61. The van der Waals surface area contributed by atoms with Gasteiger partial charge in [-0.05, 0) is 11.6 Å². The third-order valence-corrected chi connectivity index (χ3v) is 2.90. The lowest BCUT2D eigenvalue weighted by atomic mass is 10.1. The van der Waals surface area contributed by atoms with Crippen LogP contribution in [0.2, 0.25) is 0 Å². The molecule has 2 aromatic rings. The Morgan fingerprint density at radius 2 is 2.00 bits per heavy atom. The molecule has 0 aliphatic carbocycles. The monoisotopic (exact) mass is 303 g/mol. The first-order valence-electron chi connectivity index (χ1n) is 5.15. The SMILES string of the molecule is CNC(=S)c1ccc(-c2noc(C(F)(F)Cl)n2)cc1. The molecule has 1 aromatic heterocycles. The Balaban J connectivity index is 2.28. The third-order valence-electron chi connectivity index (χ3n) is 2.30. The maximum atomic E-state index is 12.7. The number of thiocarbonyl (C=S) groups is 1. The fraction of sp³-hybridized carbons (Fsp3) is 0.182. The van der Waals surface area contributed by atoms with Crippen LogP contribution in [0.3, 0.4) is 0 Å². The lowest BCUT2D eigenvalue weighted by molar-refractivity contribution is 0.0551. The van der Waals surface area contributed by atoms with Crippen LogP contribution in [0.25, 0.3) is 11.4 Å². The fourth-order valence-electron chi connectivity index (χ4n) is 1.37. The summed E-state index contributed by atoms with van der Waals surface area (Å²) in [7, 11) is 1.71. The lowest BCUT2D eigenvalue weighted by Crippen LogP contribution is -2.16. The second-order valence-corrected chi connectivity index (χ2v) is 4.46. The highest BCUT2D eigenvalue weighted by Crippen LogP contribution is 2.32. The minimum Gasteiger partial charge on any atom is -0.379 e. The standard InChI is InChI=1S/C11H8ClF2N3OS/c1-15-9(19)7-4-2-6(3-5-7)8-16-10(18-17-8)11(12,13)14/h2-5H,1H3,(H,15,19). The topological polar surface area (TPSA) is 51.0 Å². The second kappa shape index (κ2) is 5.18. The van der Waals surface area contributed by atoms with Crippen molar-refractivity contribution in [1.29, 1.82) is 0 Å². The van der Waals surface area contributed by atoms with Gasteiger partial charge in [0.05, 0.1) is 0 Å². The maximum Gasteiger partial charge on any atom is 0.400 e. The molecule has 0 saturated carbocycles. The predicted octanol–water partition coefficient (Wildman–Crippen LogP) is 2.92. The Labute approximate surface area is 117 Å². The highest BCUT2D eigenvalue weighted by atomic mass is 35.5. The molecular weight excluding hydrogens is 296 g/mol. The van der Waals surface area contributed by atoms with Crippen LogP contribution >= 0.6 is 23.8 Å². The van der Waals surface area contributed by atoms with Crippen LogP contribution in [0.5, 0.6) is 0 Å². The molecule has 1 aromatic carbocycles. The second-order valence-electron chi connectivity index (χ2n) is 3.58. The molecule has 8 heteroatoms. The molecule has 0 aliphatic rings. The first-order chi connectivity index (χ1) is 8.91. The molecule has 0 unspecified atom stereocenters. The minimum atomic E-state index is -3.67. The zero-order valence-corrected chi connectivity index (χ0v) is 11.2. The fourth-order valence-corrected chi connectivity index (χ4v) is 1.58. The highest BCUT2D eigenvalue weighted by Gasteiger charge is 2.35. The molecule has 0 saturated heterocycles. The smallest absolute Gasteiger partial charge is 0.379 e. The van der Waals surface area contributed by atoms with E-state index < -0.39 is 11.3 Å². The molecule has 1 N–H and O–H groups in total. The van der Waals surface area contributed by atoms with E-state index in [0.717, 1.165) is 5.56 Å². The van der Waals surface area contributed by atoms with Gasteiger partial charge in [-0.25, -0.2) is 0 Å². The van der Waals surface area contributed by atoms with Crippen molar-refractivity contribution in [2.75, 3.05) is 7.05 Å². The van der Waals surface area contributed by atoms with Crippen molar-refractivity contribution in [2.45, 2.75) is 5.38 Å². The van der Waals surface area contributed by atoms with Gasteiger partial charge in [0.25, 0.3) is 0 Å². The van der Waals surface area contributed by atoms with Gasteiger partial charge in [0.2, 0.25) is 5.82 Å². The first-order valence-corrected chi connectivity index (χ1v) is 5.94. The number of nitrogens with one attached hydrogen (secondary N) is 1. The van der Waals surface area contributed by atoms with Gasteiger partial charge >= 0.3 is 11.3 Å². The van der Waals surface area contributed by atoms with Gasteiger partial charge in [-0.3, -0.25) is 0 Å². The van der Waals surface area contributed by atoms with Crippen LogP contribution in [0.15, 0.2) is 28.8 Å². The number of hydrogen-bond acceptors (Lipinski definition) is 4. The van der Waals surface area contributed by atoms with Gasteiger partial charge in [0.1, 0.15) is 4.99 Å². The predicted molar refractivity (Wildman–Crippen MR) is 70.2 cm³/mol. The summed E-state index contributed by atoms with van der Waals surface area (Å²) < 4.78 is 29.9. The van der Waals surface area contributed by atoms with E-state index in [1.807, 2.05) is 0 Å². The van der Waals surface area contributed by atoms with Gasteiger partial charge in [-0.1, -0.05) is 41.6 Å². The van der Waals surface area contributed by atoms with Crippen LogP contribution in [-0.2, 0) is 5.38 Å². The summed E-state index contributed by atoms with van der Waals surface area (Å²) >= 11 is 9.85. The van der Waals surface area contributed by atoms with Crippen LogP contribution < -0.4 is 5.32 Å². The van der Waals surface area contributed by atoms with E-state index in [1.165, 1.54) is 0 Å². The van der Waals surface area contributed by atoms with E-state index >= 15 is 0 Å². The molecule has 1 heterocycles. The van der Waals surface area contributed by atoms with Crippen LogP contribution in [0.4, 0.5) is 8.78 Å². The zero-order valence-electron chi connectivity index (χ0n) is 9.65. The molecule has 2 rings (SSSR count). The maximum absolute atomic E-state index is 12.7. The van der Waals surface area contributed by atoms with E-state index in [0.29, 0.717) is 10.6 Å². The van der Waals surface area contributed by atoms with Crippen LogP contribution in [0.1, 0.15) is 11.5 Å². The summed E-state index contributed by atoms with van der Waals surface area (Å²) in [5.41, 5.74) is 1.33. The quantitative estimate of drug-likeness (QED) is 0.698. The van der Waals surface area contributed by atoms with E-state index in [9.17, 15) is 8.78 Å². The van der Waals surface area contributed by atoms with Gasteiger partial charge in [-0.15, -0.1) is 0 Å². The normalized spacial score (nSPS) is 11.4. The molecule has 0 aliphatic heterocycles. The number of benzene rings is 1. The molecule has 19 heavy (non-hydrogen) atoms. The number of aromatic nitrogens is 2. The average Bonchev–Trinajstić information content (AvgIpc) is 2.87. The van der Waals surface area contributed by atoms with Crippen molar-refractivity contribution in [3.8, 4) is 11.4 Å². The van der Waals surface area contributed by atoms with E-state index in [2.05, 4.69) is 20.0 Å². The zero-order chi connectivity index (χ0) is 14.0. The number of hydrogen-bond donors (Lipinski definition) is 1. The van der Waals surface area contributed by atoms with Gasteiger partial charge < -0.3 is 9.84 Å². The molecule has 0 fully saturated rings. The van der Waals surface area contributed by atoms with Crippen molar-refractivity contribution < 1.29 is 13.3 Å². The van der Waals surface area contributed by atoms with Crippen LogP contribution in [0, 0.1) is 0 Å². The van der Waals surface area contributed by atoms with Gasteiger partial charge in [0.15, 0.2) is 0 Å². The molecule has 0 amide bonds. The average molecular weight is 304 g/mol. The van der Waals surface area contributed by atoms with Gasteiger partial charge in [0, 0.05) is 18.2 Å². The lowest BCUT2D eigenvalue weighted by Gasteiger charge is -2.02. The highest BCUT2D eigenvalue weighted by molar-refractivity contribution is 7.80. The van der Waals surface area contributed by atoms with E-state index in [4.69, 9.17) is 23.8 Å². The van der Waals surface area contributed by atoms with Crippen molar-refractivity contribution in [3.63, 3.8) is 0 Å². The molecule has 100 valence electrons. The van der Waals surface area contributed by atoms with E-state index in [-0.39, 0.29) is 5.82 Å². The van der Waals surface area contributed by atoms with E-state index in [1.54, 1.807) is 31.3 Å². The Bertz CT molecular complexity index is 595. The summed E-state index contributed by atoms with van der Waals surface area (Å²) in [6.45, 7) is 0. The molecule has 0 spiro atoms. The molecule has 0 radical (unpaired) electrons. The van der Waals surface area contributed by atoms with Crippen LogP contribution in [-0.4, -0.2) is 22.2 Å². The summed E-state index contributed by atoms with van der Waals surface area (Å²) in [5.74, 6) is -0.892. The van der Waals surface area contributed by atoms with Crippen molar-refractivity contribution in [1.82, 2.24) is 15.5 Å². The van der Waals surface area contributed by atoms with Crippen molar-refractivity contribution >= 4 is 28.8 Å². The Morgan fingerprint density at radius 3 is 2.47 bits per heavy atom. The largest absolute Gasteiger partial charge is 0.400 e. The Kier molecular flexibility index (Phi) is 3.77. The molecular formula is C11H8ClF2N3OS. The Morgan fingerprint density at radius 1 is 1.37 bits per heavy atom. The molecule has 4 nitrogen and oxygen atoms in total. The number of nitrogens with zero attached hydrogens (tertiary/aromatic N) is 2. The number of halogens is 3. The Hall–Kier alpha value is -1.60.